The molecule has 0 fully saturated rings. The van der Waals surface area contributed by atoms with Gasteiger partial charge >= 0.3 is 5.76 Å². The lowest BCUT2D eigenvalue weighted by Gasteiger charge is -2.14. The first-order valence-electron chi connectivity index (χ1n) is 5.37. The van der Waals surface area contributed by atoms with E-state index in [0.717, 1.165) is 0 Å². The molecule has 0 saturated carbocycles. The summed E-state index contributed by atoms with van der Waals surface area (Å²) in [6.45, 7) is 0.982. The maximum atomic E-state index is 11.7. The van der Waals surface area contributed by atoms with Gasteiger partial charge in [-0.05, 0) is 19.2 Å². The van der Waals surface area contributed by atoms with Gasteiger partial charge in [0, 0.05) is 25.9 Å². The number of likely N-dealkylation sites (N-methyl/N-ethyl adjacent to an activating group) is 1. The van der Waals surface area contributed by atoms with Gasteiger partial charge in [-0.15, -0.1) is 0 Å². The Morgan fingerprint density at radius 3 is 3.18 bits per heavy atom. The Balaban J connectivity index is 2.34. The summed E-state index contributed by atoms with van der Waals surface area (Å²) in [4.78, 5) is 15.8. The number of pyridine rings is 1. The van der Waals surface area contributed by atoms with E-state index >= 15 is 0 Å². The van der Waals surface area contributed by atoms with Crippen molar-refractivity contribution in [3.8, 4) is 0 Å². The number of fused-ring (bicyclic) bond motifs is 1. The van der Waals surface area contributed by atoms with Gasteiger partial charge in [-0.25, -0.2) is 9.78 Å². The predicted molar refractivity (Wildman–Crippen MR) is 63.0 cm³/mol. The molecule has 1 N–H and O–H groups in total. The average molecular weight is 237 g/mol. The SMILES string of the molecule is CNC(COC)Cn1c(=O)oc2cccnc21. The van der Waals surface area contributed by atoms with Crippen molar-refractivity contribution >= 4 is 11.2 Å². The Morgan fingerprint density at radius 1 is 1.65 bits per heavy atom. The van der Waals surface area contributed by atoms with Crippen molar-refractivity contribution in [2.24, 2.45) is 0 Å². The first kappa shape index (κ1) is 11.8. The highest BCUT2D eigenvalue weighted by molar-refractivity contribution is 5.67. The Morgan fingerprint density at radius 2 is 2.47 bits per heavy atom. The van der Waals surface area contributed by atoms with Crippen LogP contribution < -0.4 is 11.1 Å². The molecule has 2 aromatic rings. The molecule has 0 aliphatic rings. The fourth-order valence-electron chi connectivity index (χ4n) is 1.71. The number of nitrogens with zero attached hydrogens (tertiary/aromatic N) is 2. The van der Waals surface area contributed by atoms with Crippen LogP contribution in [0.1, 0.15) is 0 Å². The lowest BCUT2D eigenvalue weighted by atomic mass is 10.3. The first-order chi connectivity index (χ1) is 8.26. The van der Waals surface area contributed by atoms with Crippen molar-refractivity contribution in [2.45, 2.75) is 12.6 Å². The van der Waals surface area contributed by atoms with Gasteiger partial charge in [-0.1, -0.05) is 0 Å². The summed E-state index contributed by atoms with van der Waals surface area (Å²) >= 11 is 0. The summed E-state index contributed by atoms with van der Waals surface area (Å²) in [5.74, 6) is -0.393. The third-order valence-electron chi connectivity index (χ3n) is 2.60. The molecule has 0 aromatic carbocycles. The molecule has 1 unspecified atom stereocenters. The molecule has 0 spiro atoms. The van der Waals surface area contributed by atoms with Crippen molar-refractivity contribution < 1.29 is 9.15 Å². The van der Waals surface area contributed by atoms with E-state index in [1.54, 1.807) is 25.4 Å². The fraction of sp³-hybridized carbons (Fsp3) is 0.455. The number of oxazole rings is 1. The number of ether oxygens (including phenoxy) is 1. The molecule has 0 aliphatic heterocycles. The van der Waals surface area contributed by atoms with Gasteiger partial charge in [0.2, 0.25) is 0 Å². The molecule has 2 rings (SSSR count). The zero-order valence-electron chi connectivity index (χ0n) is 9.84. The van der Waals surface area contributed by atoms with E-state index < -0.39 is 5.76 Å². The molecular formula is C11H15N3O3. The topological polar surface area (TPSA) is 69.3 Å². The quantitative estimate of drug-likeness (QED) is 0.805. The minimum atomic E-state index is -0.393. The Bertz CT molecular complexity index is 546. The van der Waals surface area contributed by atoms with Crippen LogP contribution in [0.4, 0.5) is 0 Å². The second kappa shape index (κ2) is 5.11. The number of hydrogen-bond acceptors (Lipinski definition) is 5. The van der Waals surface area contributed by atoms with Crippen molar-refractivity contribution in [2.75, 3.05) is 20.8 Å². The summed E-state index contributed by atoms with van der Waals surface area (Å²) < 4.78 is 11.7. The Kier molecular flexibility index (Phi) is 3.55. The third-order valence-corrected chi connectivity index (χ3v) is 2.60. The summed E-state index contributed by atoms with van der Waals surface area (Å²) in [5, 5.41) is 3.08. The van der Waals surface area contributed by atoms with Gasteiger partial charge in [-0.3, -0.25) is 4.57 Å². The standard InChI is InChI=1S/C11H15N3O3/c1-12-8(7-16-2)6-14-10-9(17-11(14)15)4-3-5-13-10/h3-5,8,12H,6-7H2,1-2H3. The molecule has 2 aromatic heterocycles. The van der Waals surface area contributed by atoms with Crippen LogP contribution in [-0.2, 0) is 11.3 Å². The summed E-state index contributed by atoms with van der Waals surface area (Å²) in [5.41, 5.74) is 1.07. The number of methoxy groups -OCH3 is 1. The lowest BCUT2D eigenvalue weighted by molar-refractivity contribution is 0.161. The van der Waals surface area contributed by atoms with Crippen LogP contribution in [-0.4, -0.2) is 36.4 Å². The van der Waals surface area contributed by atoms with E-state index in [9.17, 15) is 4.79 Å². The molecular weight excluding hydrogens is 222 g/mol. The third kappa shape index (κ3) is 2.37. The van der Waals surface area contributed by atoms with Crippen LogP contribution in [0.5, 0.6) is 0 Å². The first-order valence-corrected chi connectivity index (χ1v) is 5.37. The largest absolute Gasteiger partial charge is 0.421 e. The van der Waals surface area contributed by atoms with Crippen LogP contribution in [0.25, 0.3) is 11.2 Å². The van der Waals surface area contributed by atoms with Gasteiger partial charge in [0.25, 0.3) is 0 Å². The monoisotopic (exact) mass is 237 g/mol. The Hall–Kier alpha value is -1.66. The highest BCUT2D eigenvalue weighted by Gasteiger charge is 2.14. The molecule has 2 heterocycles. The molecule has 92 valence electrons. The minimum Gasteiger partial charge on any atom is -0.406 e. The molecule has 0 amide bonds. The fourth-order valence-corrected chi connectivity index (χ4v) is 1.71. The maximum absolute atomic E-state index is 11.7. The molecule has 0 aliphatic carbocycles. The molecule has 6 nitrogen and oxygen atoms in total. The molecule has 0 saturated heterocycles. The Labute approximate surface area is 98.2 Å². The van der Waals surface area contributed by atoms with Crippen LogP contribution in [0.3, 0.4) is 0 Å². The van der Waals surface area contributed by atoms with Crippen molar-refractivity contribution in [3.05, 3.63) is 28.9 Å². The average Bonchev–Trinajstić information content (AvgIpc) is 2.65. The number of hydrogen-bond donors (Lipinski definition) is 1. The minimum absolute atomic E-state index is 0.0421. The van der Waals surface area contributed by atoms with E-state index in [1.807, 2.05) is 7.05 Å². The zero-order chi connectivity index (χ0) is 12.3. The highest BCUT2D eigenvalue weighted by atomic mass is 16.5. The summed E-state index contributed by atoms with van der Waals surface area (Å²) in [7, 11) is 3.45. The van der Waals surface area contributed by atoms with Gasteiger partial charge in [0.05, 0.1) is 6.61 Å². The van der Waals surface area contributed by atoms with E-state index in [-0.39, 0.29) is 6.04 Å². The van der Waals surface area contributed by atoms with E-state index in [1.165, 1.54) is 4.57 Å². The number of nitrogens with one attached hydrogen (secondary N) is 1. The maximum Gasteiger partial charge on any atom is 0.421 e. The number of aromatic nitrogens is 2. The summed E-state index contributed by atoms with van der Waals surface area (Å²) in [6.07, 6.45) is 1.64. The van der Waals surface area contributed by atoms with E-state index in [0.29, 0.717) is 24.4 Å². The van der Waals surface area contributed by atoms with Crippen LogP contribution in [0, 0.1) is 0 Å². The zero-order valence-corrected chi connectivity index (χ0v) is 9.84. The van der Waals surface area contributed by atoms with Crippen LogP contribution in [0.2, 0.25) is 0 Å². The second-order valence-electron chi connectivity index (χ2n) is 3.74. The molecule has 6 heteroatoms. The van der Waals surface area contributed by atoms with Crippen LogP contribution in [0.15, 0.2) is 27.5 Å². The van der Waals surface area contributed by atoms with Crippen molar-refractivity contribution in [1.29, 1.82) is 0 Å². The normalized spacial score (nSPS) is 13.1. The van der Waals surface area contributed by atoms with Crippen LogP contribution >= 0.6 is 0 Å². The predicted octanol–water partition coefficient (Wildman–Crippen LogP) is 0.224. The number of rotatable bonds is 5. The van der Waals surface area contributed by atoms with Gasteiger partial charge in [-0.2, -0.15) is 0 Å². The molecule has 17 heavy (non-hydrogen) atoms. The van der Waals surface area contributed by atoms with E-state index in [2.05, 4.69) is 10.3 Å². The lowest BCUT2D eigenvalue weighted by Crippen LogP contribution is -2.36. The highest BCUT2D eigenvalue weighted by Crippen LogP contribution is 2.08. The van der Waals surface area contributed by atoms with Gasteiger partial charge in [0.15, 0.2) is 11.2 Å². The van der Waals surface area contributed by atoms with Crippen molar-refractivity contribution in [3.63, 3.8) is 0 Å². The molecule has 0 radical (unpaired) electrons. The summed E-state index contributed by atoms with van der Waals surface area (Å²) in [6, 6.07) is 3.51. The van der Waals surface area contributed by atoms with E-state index in [4.69, 9.17) is 9.15 Å². The molecule has 0 bridgehead atoms. The molecule has 1 atom stereocenters. The second-order valence-corrected chi connectivity index (χ2v) is 3.74. The smallest absolute Gasteiger partial charge is 0.406 e. The van der Waals surface area contributed by atoms with Gasteiger partial charge < -0.3 is 14.5 Å². The van der Waals surface area contributed by atoms with Gasteiger partial charge in [0.1, 0.15) is 0 Å². The van der Waals surface area contributed by atoms with Crippen molar-refractivity contribution in [1.82, 2.24) is 14.9 Å².